The molecule has 0 amide bonds. The zero-order valence-electron chi connectivity index (χ0n) is 9.70. The van der Waals surface area contributed by atoms with Crippen LogP contribution in [0.3, 0.4) is 0 Å². The topological polar surface area (TPSA) is 66.4 Å². The molecule has 1 aromatic carbocycles. The Morgan fingerprint density at radius 3 is 2.44 bits per heavy atom. The number of benzene rings is 1. The van der Waals surface area contributed by atoms with E-state index in [-0.39, 0.29) is 16.7 Å². The second-order valence-electron chi connectivity index (χ2n) is 3.89. The second kappa shape index (κ2) is 5.09. The smallest absolute Gasteiger partial charge is 0.241 e. The van der Waals surface area contributed by atoms with E-state index in [0.717, 1.165) is 5.56 Å². The Balaban J connectivity index is 2.20. The van der Waals surface area contributed by atoms with Crippen molar-refractivity contribution in [3.8, 4) is 5.75 Å². The summed E-state index contributed by atoms with van der Waals surface area (Å²) in [5.41, 5.74) is 0.933. The fourth-order valence-electron chi connectivity index (χ4n) is 1.52. The van der Waals surface area contributed by atoms with Gasteiger partial charge in [0.1, 0.15) is 5.75 Å². The van der Waals surface area contributed by atoms with Crippen LogP contribution in [-0.2, 0) is 10.0 Å². The van der Waals surface area contributed by atoms with E-state index in [1.165, 1.54) is 35.6 Å². The van der Waals surface area contributed by atoms with Gasteiger partial charge < -0.3 is 5.11 Å². The lowest BCUT2D eigenvalue weighted by atomic mass is 10.2. The van der Waals surface area contributed by atoms with E-state index in [9.17, 15) is 8.42 Å². The summed E-state index contributed by atoms with van der Waals surface area (Å²) in [6, 6.07) is 7.05. The van der Waals surface area contributed by atoms with Crippen molar-refractivity contribution in [1.29, 1.82) is 0 Å². The van der Waals surface area contributed by atoms with Crippen LogP contribution in [0.15, 0.2) is 46.0 Å². The molecule has 0 bridgehead atoms. The van der Waals surface area contributed by atoms with Gasteiger partial charge in [-0.2, -0.15) is 11.3 Å². The Bertz CT molecular complexity index is 603. The molecule has 0 aliphatic heterocycles. The number of aromatic hydroxyl groups is 1. The zero-order chi connectivity index (χ0) is 13.2. The number of phenolic OH excluding ortho intramolecular Hbond substituents is 1. The van der Waals surface area contributed by atoms with E-state index in [2.05, 4.69) is 4.72 Å². The van der Waals surface area contributed by atoms with Gasteiger partial charge in [0.2, 0.25) is 10.0 Å². The third-order valence-corrected chi connectivity index (χ3v) is 4.78. The average Bonchev–Trinajstić information content (AvgIpc) is 2.82. The highest BCUT2D eigenvalue weighted by molar-refractivity contribution is 7.89. The van der Waals surface area contributed by atoms with Crippen LogP contribution in [0, 0.1) is 0 Å². The third-order valence-electron chi connectivity index (χ3n) is 2.52. The van der Waals surface area contributed by atoms with E-state index in [1.54, 1.807) is 6.92 Å². The van der Waals surface area contributed by atoms with Crippen LogP contribution in [0.4, 0.5) is 0 Å². The molecule has 0 aliphatic rings. The minimum absolute atomic E-state index is 0.0415. The molecule has 1 atom stereocenters. The monoisotopic (exact) mass is 283 g/mol. The molecule has 1 aromatic heterocycles. The number of phenols is 1. The molecule has 0 saturated carbocycles. The molecule has 6 heteroatoms. The summed E-state index contributed by atoms with van der Waals surface area (Å²) >= 11 is 1.52. The van der Waals surface area contributed by atoms with Gasteiger partial charge in [-0.15, -0.1) is 0 Å². The van der Waals surface area contributed by atoms with Crippen LogP contribution in [0.2, 0.25) is 0 Å². The Morgan fingerprint density at radius 2 is 1.89 bits per heavy atom. The number of sulfonamides is 1. The van der Waals surface area contributed by atoms with Gasteiger partial charge in [-0.1, -0.05) is 0 Å². The predicted octanol–water partition coefficient (Wildman–Crippen LogP) is 2.49. The Morgan fingerprint density at radius 1 is 1.22 bits per heavy atom. The molecule has 0 aliphatic carbocycles. The van der Waals surface area contributed by atoms with Gasteiger partial charge in [0.05, 0.1) is 4.90 Å². The SMILES string of the molecule is CC(NS(=O)(=O)c1ccc(O)cc1)c1ccsc1. The minimum Gasteiger partial charge on any atom is -0.508 e. The maximum atomic E-state index is 12.1. The average molecular weight is 283 g/mol. The standard InChI is InChI=1S/C12H13NO3S2/c1-9(10-6-7-17-8-10)13-18(15,16)12-4-2-11(14)3-5-12/h2-9,13-14H,1H3. The Hall–Kier alpha value is -1.37. The molecule has 18 heavy (non-hydrogen) atoms. The van der Waals surface area contributed by atoms with Crippen molar-refractivity contribution >= 4 is 21.4 Å². The first-order valence-electron chi connectivity index (χ1n) is 5.32. The second-order valence-corrected chi connectivity index (χ2v) is 6.39. The highest BCUT2D eigenvalue weighted by Crippen LogP contribution is 2.20. The Kier molecular flexibility index (Phi) is 3.70. The van der Waals surface area contributed by atoms with Gasteiger partial charge in [0.25, 0.3) is 0 Å². The van der Waals surface area contributed by atoms with Crippen molar-refractivity contribution in [3.63, 3.8) is 0 Å². The molecule has 2 aromatic rings. The van der Waals surface area contributed by atoms with Crippen molar-refractivity contribution < 1.29 is 13.5 Å². The zero-order valence-corrected chi connectivity index (χ0v) is 11.3. The lowest BCUT2D eigenvalue weighted by Gasteiger charge is -2.13. The first-order valence-corrected chi connectivity index (χ1v) is 7.75. The molecule has 1 unspecified atom stereocenters. The maximum Gasteiger partial charge on any atom is 0.241 e. The highest BCUT2D eigenvalue weighted by Gasteiger charge is 2.18. The van der Waals surface area contributed by atoms with E-state index in [1.807, 2.05) is 16.8 Å². The van der Waals surface area contributed by atoms with Crippen LogP contribution in [0.1, 0.15) is 18.5 Å². The molecule has 2 rings (SSSR count). The number of nitrogens with one attached hydrogen (secondary N) is 1. The summed E-state index contributed by atoms with van der Waals surface area (Å²) in [4.78, 5) is 0.141. The van der Waals surface area contributed by atoms with Gasteiger partial charge in [0, 0.05) is 6.04 Å². The number of thiophene rings is 1. The summed E-state index contributed by atoms with van der Waals surface area (Å²) in [5, 5.41) is 13.0. The lowest BCUT2D eigenvalue weighted by Crippen LogP contribution is -2.26. The number of rotatable bonds is 4. The first kappa shape index (κ1) is 13.1. The van der Waals surface area contributed by atoms with E-state index < -0.39 is 10.0 Å². The van der Waals surface area contributed by atoms with Gasteiger partial charge in [-0.25, -0.2) is 13.1 Å². The summed E-state index contributed by atoms with van der Waals surface area (Å²) in [6.07, 6.45) is 0. The molecule has 2 N–H and O–H groups in total. The van der Waals surface area contributed by atoms with Gasteiger partial charge in [-0.3, -0.25) is 0 Å². The summed E-state index contributed by atoms with van der Waals surface area (Å²) in [5.74, 6) is 0.0415. The van der Waals surface area contributed by atoms with Crippen molar-refractivity contribution in [2.24, 2.45) is 0 Å². The fourth-order valence-corrected chi connectivity index (χ4v) is 3.50. The molecule has 0 saturated heterocycles. The normalized spacial score (nSPS) is 13.4. The van der Waals surface area contributed by atoms with Crippen LogP contribution in [-0.4, -0.2) is 13.5 Å². The Labute approximate surface area is 110 Å². The summed E-state index contributed by atoms with van der Waals surface area (Å²) < 4.78 is 26.7. The van der Waals surface area contributed by atoms with Gasteiger partial charge >= 0.3 is 0 Å². The van der Waals surface area contributed by atoms with Crippen LogP contribution in [0.25, 0.3) is 0 Å². The number of hydrogen-bond acceptors (Lipinski definition) is 4. The van der Waals surface area contributed by atoms with Crippen LogP contribution < -0.4 is 4.72 Å². The number of hydrogen-bond donors (Lipinski definition) is 2. The molecule has 0 fully saturated rings. The van der Waals surface area contributed by atoms with Crippen LogP contribution >= 0.6 is 11.3 Å². The quantitative estimate of drug-likeness (QED) is 0.906. The van der Waals surface area contributed by atoms with Crippen molar-refractivity contribution in [3.05, 3.63) is 46.7 Å². The molecular weight excluding hydrogens is 270 g/mol. The van der Waals surface area contributed by atoms with Crippen LogP contribution in [0.5, 0.6) is 5.75 Å². The molecule has 0 spiro atoms. The molecule has 96 valence electrons. The summed E-state index contributed by atoms with van der Waals surface area (Å²) in [6.45, 7) is 1.79. The first-order chi connectivity index (χ1) is 8.49. The van der Waals surface area contributed by atoms with Crippen molar-refractivity contribution in [2.75, 3.05) is 0 Å². The van der Waals surface area contributed by atoms with Gasteiger partial charge in [0.15, 0.2) is 0 Å². The van der Waals surface area contributed by atoms with E-state index in [4.69, 9.17) is 5.11 Å². The largest absolute Gasteiger partial charge is 0.508 e. The maximum absolute atomic E-state index is 12.1. The van der Waals surface area contributed by atoms with E-state index in [0.29, 0.717) is 0 Å². The molecular formula is C12H13NO3S2. The minimum atomic E-state index is -3.56. The van der Waals surface area contributed by atoms with E-state index >= 15 is 0 Å². The molecule has 0 radical (unpaired) electrons. The van der Waals surface area contributed by atoms with Crippen molar-refractivity contribution in [1.82, 2.24) is 4.72 Å². The fraction of sp³-hybridized carbons (Fsp3) is 0.167. The highest BCUT2D eigenvalue weighted by atomic mass is 32.2. The predicted molar refractivity (Wildman–Crippen MR) is 71.2 cm³/mol. The third kappa shape index (κ3) is 2.90. The summed E-state index contributed by atoms with van der Waals surface area (Å²) in [7, 11) is -3.56. The molecule has 1 heterocycles. The lowest BCUT2D eigenvalue weighted by molar-refractivity contribution is 0.474. The van der Waals surface area contributed by atoms with Gasteiger partial charge in [-0.05, 0) is 53.6 Å². The molecule has 4 nitrogen and oxygen atoms in total. The van der Waals surface area contributed by atoms with Crippen molar-refractivity contribution in [2.45, 2.75) is 17.9 Å².